The second kappa shape index (κ2) is 4.53. The van der Waals surface area contributed by atoms with Gasteiger partial charge < -0.3 is 9.57 Å². The molecule has 0 amide bonds. The third-order valence-corrected chi connectivity index (χ3v) is 4.11. The lowest BCUT2D eigenvalue weighted by Crippen LogP contribution is -2.27. The van der Waals surface area contributed by atoms with Gasteiger partial charge in [-0.05, 0) is 39.7 Å². The normalized spacial score (nSPS) is 21.9. The van der Waals surface area contributed by atoms with E-state index in [2.05, 4.69) is 39.6 Å². The molecule has 0 aliphatic carbocycles. The lowest BCUT2D eigenvalue weighted by atomic mass is 10.0. The molecule has 0 aromatic heterocycles. The number of fused-ring (bicyclic) bond motifs is 2. The Balaban J connectivity index is 2.22. The van der Waals surface area contributed by atoms with Crippen molar-refractivity contribution >= 4 is 26.7 Å². The molecule has 0 saturated heterocycles. The summed E-state index contributed by atoms with van der Waals surface area (Å²) in [6.07, 6.45) is 0.0491. The van der Waals surface area contributed by atoms with Crippen molar-refractivity contribution in [2.45, 2.75) is 19.1 Å². The van der Waals surface area contributed by atoms with Crippen LogP contribution in [0.4, 0.5) is 0 Å². The van der Waals surface area contributed by atoms with Gasteiger partial charge in [0.25, 0.3) is 0 Å². The molecular weight excluding hydrogens is 294 g/mol. The van der Waals surface area contributed by atoms with Crippen molar-refractivity contribution in [2.24, 2.45) is 0 Å². The summed E-state index contributed by atoms with van der Waals surface area (Å²) in [4.78, 5) is 5.06. The van der Waals surface area contributed by atoms with Crippen molar-refractivity contribution in [3.8, 4) is 5.75 Å². The molecule has 0 saturated carbocycles. The van der Waals surface area contributed by atoms with Gasteiger partial charge in [0.1, 0.15) is 11.9 Å². The van der Waals surface area contributed by atoms with Crippen LogP contribution < -0.4 is 10.2 Å². The summed E-state index contributed by atoms with van der Waals surface area (Å²) in [5.74, 6) is 0.913. The topological polar surface area (TPSA) is 30.5 Å². The van der Waals surface area contributed by atoms with Gasteiger partial charge in [-0.25, -0.2) is 0 Å². The molecule has 3 nitrogen and oxygen atoms in total. The van der Waals surface area contributed by atoms with Gasteiger partial charge in [-0.2, -0.15) is 5.48 Å². The Labute approximate surface area is 114 Å². The number of nitrogens with one attached hydrogen (secondary N) is 1. The Kier molecular flexibility index (Phi) is 3.01. The number of hydrogen-bond donors (Lipinski definition) is 1. The summed E-state index contributed by atoms with van der Waals surface area (Å²) in [6, 6.07) is 10.5. The Morgan fingerprint density at radius 2 is 2.11 bits per heavy atom. The highest BCUT2D eigenvalue weighted by Crippen LogP contribution is 2.45. The molecule has 4 heteroatoms. The van der Waals surface area contributed by atoms with Gasteiger partial charge >= 0.3 is 0 Å². The van der Waals surface area contributed by atoms with Crippen LogP contribution in [-0.4, -0.2) is 13.2 Å². The zero-order valence-corrected chi connectivity index (χ0v) is 11.8. The molecule has 0 spiro atoms. The maximum absolute atomic E-state index is 5.92. The van der Waals surface area contributed by atoms with Crippen molar-refractivity contribution < 1.29 is 9.57 Å². The average molecular weight is 308 g/mol. The van der Waals surface area contributed by atoms with E-state index in [1.54, 1.807) is 7.11 Å². The van der Waals surface area contributed by atoms with Crippen LogP contribution in [0.2, 0.25) is 0 Å². The van der Waals surface area contributed by atoms with Gasteiger partial charge in [0, 0.05) is 5.56 Å². The summed E-state index contributed by atoms with van der Waals surface area (Å²) in [6.45, 7) is 2.04. The van der Waals surface area contributed by atoms with Crippen LogP contribution in [0.25, 0.3) is 10.8 Å². The van der Waals surface area contributed by atoms with Gasteiger partial charge in [-0.3, -0.25) is 0 Å². The zero-order valence-electron chi connectivity index (χ0n) is 10.2. The Morgan fingerprint density at radius 3 is 2.89 bits per heavy atom. The predicted octanol–water partition coefficient (Wildman–Crippen LogP) is 3.58. The maximum Gasteiger partial charge on any atom is 0.139 e. The van der Waals surface area contributed by atoms with E-state index in [0.29, 0.717) is 0 Å². The van der Waals surface area contributed by atoms with Crippen molar-refractivity contribution in [1.82, 2.24) is 5.48 Å². The molecule has 3 rings (SSSR count). The standard InChI is InChI=1S/C14H14BrNO2/c1-8-13(16-17-2)11-7-9-5-3-4-6-10(9)12(15)14(11)18-8/h3-8,13,16H,1-2H3. The third-order valence-electron chi connectivity index (χ3n) is 3.32. The van der Waals surface area contributed by atoms with E-state index in [4.69, 9.17) is 9.57 Å². The Morgan fingerprint density at radius 1 is 1.33 bits per heavy atom. The number of benzene rings is 2. The van der Waals surface area contributed by atoms with E-state index < -0.39 is 0 Å². The molecule has 1 N–H and O–H groups in total. The van der Waals surface area contributed by atoms with Crippen LogP contribution in [0.1, 0.15) is 18.5 Å². The third kappa shape index (κ3) is 1.72. The van der Waals surface area contributed by atoms with Gasteiger partial charge in [0.05, 0.1) is 17.6 Å². The number of halogens is 1. The molecule has 2 atom stereocenters. The van der Waals surface area contributed by atoms with Gasteiger partial charge in [0.15, 0.2) is 0 Å². The van der Waals surface area contributed by atoms with E-state index in [9.17, 15) is 0 Å². The van der Waals surface area contributed by atoms with Crippen molar-refractivity contribution in [3.05, 3.63) is 40.4 Å². The minimum atomic E-state index is 0.0491. The lowest BCUT2D eigenvalue weighted by molar-refractivity contribution is 0.0339. The Bertz CT molecular complexity index is 600. The van der Waals surface area contributed by atoms with Crippen LogP contribution in [0.5, 0.6) is 5.75 Å². The molecule has 0 fully saturated rings. The van der Waals surface area contributed by atoms with E-state index in [-0.39, 0.29) is 12.1 Å². The minimum absolute atomic E-state index is 0.0491. The molecular formula is C14H14BrNO2. The number of hydrogen-bond acceptors (Lipinski definition) is 3. The fourth-order valence-corrected chi connectivity index (χ4v) is 3.13. The molecule has 18 heavy (non-hydrogen) atoms. The highest BCUT2D eigenvalue weighted by Gasteiger charge is 2.33. The molecule has 94 valence electrons. The molecule has 1 aliphatic heterocycles. The second-order valence-electron chi connectivity index (χ2n) is 4.45. The van der Waals surface area contributed by atoms with E-state index in [1.807, 2.05) is 19.1 Å². The molecule has 2 aromatic rings. The van der Waals surface area contributed by atoms with Gasteiger partial charge in [0.2, 0.25) is 0 Å². The molecule has 2 unspecified atom stereocenters. The molecule has 1 heterocycles. The van der Waals surface area contributed by atoms with Crippen molar-refractivity contribution in [1.29, 1.82) is 0 Å². The predicted molar refractivity (Wildman–Crippen MR) is 74.6 cm³/mol. The van der Waals surface area contributed by atoms with Crippen molar-refractivity contribution in [2.75, 3.05) is 7.11 Å². The summed E-state index contributed by atoms with van der Waals surface area (Å²) in [5, 5.41) is 2.37. The van der Waals surface area contributed by atoms with Crippen LogP contribution >= 0.6 is 15.9 Å². The van der Waals surface area contributed by atoms with E-state index in [0.717, 1.165) is 15.8 Å². The first-order valence-corrected chi connectivity index (χ1v) is 6.68. The Hall–Kier alpha value is -1.10. The highest BCUT2D eigenvalue weighted by atomic mass is 79.9. The second-order valence-corrected chi connectivity index (χ2v) is 5.25. The first kappa shape index (κ1) is 12.0. The van der Waals surface area contributed by atoms with Crippen LogP contribution in [0, 0.1) is 0 Å². The average Bonchev–Trinajstić information content (AvgIpc) is 2.68. The monoisotopic (exact) mass is 307 g/mol. The summed E-state index contributed by atoms with van der Waals surface area (Å²) in [7, 11) is 1.63. The largest absolute Gasteiger partial charge is 0.487 e. The van der Waals surface area contributed by atoms with E-state index in [1.165, 1.54) is 10.8 Å². The summed E-state index contributed by atoms with van der Waals surface area (Å²) in [5.41, 5.74) is 4.13. The smallest absolute Gasteiger partial charge is 0.139 e. The lowest BCUT2D eigenvalue weighted by Gasteiger charge is -2.14. The SMILES string of the molecule is CONC1c2cc3ccccc3c(Br)c2OC1C. The zero-order chi connectivity index (χ0) is 12.7. The van der Waals surface area contributed by atoms with Crippen LogP contribution in [0.3, 0.4) is 0 Å². The highest BCUT2D eigenvalue weighted by molar-refractivity contribution is 9.10. The number of ether oxygens (including phenoxy) is 1. The first-order valence-electron chi connectivity index (χ1n) is 5.88. The molecule has 0 radical (unpaired) electrons. The number of rotatable bonds is 2. The maximum atomic E-state index is 5.92. The summed E-state index contributed by atoms with van der Waals surface area (Å²) < 4.78 is 6.94. The minimum Gasteiger partial charge on any atom is -0.487 e. The molecule has 0 bridgehead atoms. The van der Waals surface area contributed by atoms with Crippen LogP contribution in [-0.2, 0) is 4.84 Å². The quantitative estimate of drug-likeness (QED) is 0.860. The molecule has 2 aromatic carbocycles. The van der Waals surface area contributed by atoms with Crippen LogP contribution in [0.15, 0.2) is 34.8 Å². The first-order chi connectivity index (χ1) is 8.72. The molecule has 1 aliphatic rings. The fourth-order valence-electron chi connectivity index (χ4n) is 2.45. The fraction of sp³-hybridized carbons (Fsp3) is 0.286. The van der Waals surface area contributed by atoms with Crippen molar-refractivity contribution in [3.63, 3.8) is 0 Å². The van der Waals surface area contributed by atoms with Gasteiger partial charge in [-0.15, -0.1) is 0 Å². The number of hydroxylamine groups is 1. The summed E-state index contributed by atoms with van der Waals surface area (Å²) >= 11 is 3.65. The van der Waals surface area contributed by atoms with E-state index >= 15 is 0 Å². The van der Waals surface area contributed by atoms with Gasteiger partial charge in [-0.1, -0.05) is 24.3 Å².